The molecule has 3 rings (SSSR count). The number of para-hydroxylation sites is 1. The number of carbonyl (C=O) groups excluding carboxylic acids is 2. The lowest BCUT2D eigenvalue weighted by molar-refractivity contribution is -0.130. The van der Waals surface area contributed by atoms with E-state index in [0.717, 1.165) is 23.5 Å². The molecule has 1 aliphatic heterocycles. The molecule has 2 aromatic rings. The molecule has 8 heteroatoms. The summed E-state index contributed by atoms with van der Waals surface area (Å²) in [4.78, 5) is 39.7. The van der Waals surface area contributed by atoms with Crippen LogP contribution < -0.4 is 15.8 Å². The summed E-state index contributed by atoms with van der Waals surface area (Å²) in [6, 6.07) is 12.7. The molecule has 0 unspecified atom stereocenters. The smallest absolute Gasteiger partial charge is 0.272 e. The minimum absolute atomic E-state index is 0.0886. The Morgan fingerprint density at radius 2 is 1.73 bits per heavy atom. The Labute approximate surface area is 151 Å². The first-order valence-electron chi connectivity index (χ1n) is 8.45. The van der Waals surface area contributed by atoms with Crippen molar-refractivity contribution < 1.29 is 9.59 Å². The number of hydrogen-bond acceptors (Lipinski definition) is 5. The van der Waals surface area contributed by atoms with Crippen molar-refractivity contribution in [3.63, 3.8) is 0 Å². The second-order valence-corrected chi connectivity index (χ2v) is 6.07. The van der Waals surface area contributed by atoms with Crippen LogP contribution >= 0.6 is 0 Å². The van der Waals surface area contributed by atoms with Gasteiger partial charge in [-0.15, -0.1) is 0 Å². The fourth-order valence-corrected chi connectivity index (χ4v) is 2.83. The summed E-state index contributed by atoms with van der Waals surface area (Å²) in [5, 5.41) is 6.43. The van der Waals surface area contributed by atoms with E-state index >= 15 is 0 Å². The second-order valence-electron chi connectivity index (χ2n) is 6.07. The van der Waals surface area contributed by atoms with Gasteiger partial charge >= 0.3 is 0 Å². The van der Waals surface area contributed by atoms with Gasteiger partial charge < -0.3 is 15.1 Å². The number of nitrogens with one attached hydrogen (secondary N) is 1. The number of amides is 2. The van der Waals surface area contributed by atoms with Crippen molar-refractivity contribution >= 4 is 17.5 Å². The Morgan fingerprint density at radius 1 is 1.04 bits per heavy atom. The van der Waals surface area contributed by atoms with Gasteiger partial charge in [-0.05, 0) is 18.2 Å². The fraction of sp³-hybridized carbons (Fsp3) is 0.333. The molecular weight excluding hydrogens is 334 g/mol. The maximum Gasteiger partial charge on any atom is 0.272 e. The van der Waals surface area contributed by atoms with Crippen molar-refractivity contribution in [2.75, 3.05) is 37.6 Å². The SMILES string of the molecule is Cn1nc(C(=O)NCC(=O)N2CCN(c3ccccc3)CC2)ccc1=O. The van der Waals surface area contributed by atoms with Crippen LogP contribution in [0.1, 0.15) is 10.5 Å². The van der Waals surface area contributed by atoms with Gasteiger partial charge in [0.25, 0.3) is 11.5 Å². The number of piperazine rings is 1. The van der Waals surface area contributed by atoms with Crippen molar-refractivity contribution in [1.82, 2.24) is 20.0 Å². The van der Waals surface area contributed by atoms with E-state index in [4.69, 9.17) is 0 Å². The largest absolute Gasteiger partial charge is 0.368 e. The van der Waals surface area contributed by atoms with Crippen molar-refractivity contribution in [2.45, 2.75) is 0 Å². The highest BCUT2D eigenvalue weighted by molar-refractivity contribution is 5.94. The first-order chi connectivity index (χ1) is 12.5. The summed E-state index contributed by atoms with van der Waals surface area (Å²) in [6.07, 6.45) is 0. The molecule has 0 bridgehead atoms. The van der Waals surface area contributed by atoms with Crippen molar-refractivity contribution in [1.29, 1.82) is 0 Å². The molecule has 1 N–H and O–H groups in total. The van der Waals surface area contributed by atoms with Crippen LogP contribution in [0.5, 0.6) is 0 Å². The fourth-order valence-electron chi connectivity index (χ4n) is 2.83. The van der Waals surface area contributed by atoms with Crippen LogP contribution in [0.15, 0.2) is 47.3 Å². The van der Waals surface area contributed by atoms with E-state index < -0.39 is 5.91 Å². The molecular formula is C18H21N5O3. The van der Waals surface area contributed by atoms with Crippen molar-refractivity contribution in [3.05, 3.63) is 58.5 Å². The monoisotopic (exact) mass is 355 g/mol. The number of aromatic nitrogens is 2. The third kappa shape index (κ3) is 4.08. The molecule has 0 spiro atoms. The second kappa shape index (κ2) is 7.81. The molecule has 136 valence electrons. The van der Waals surface area contributed by atoms with Crippen LogP contribution in [-0.2, 0) is 11.8 Å². The molecule has 8 nitrogen and oxygen atoms in total. The molecule has 2 amide bonds. The highest BCUT2D eigenvalue weighted by atomic mass is 16.2. The van der Waals surface area contributed by atoms with E-state index in [1.807, 2.05) is 18.2 Å². The third-order valence-corrected chi connectivity index (χ3v) is 4.35. The van der Waals surface area contributed by atoms with Gasteiger partial charge in [-0.1, -0.05) is 18.2 Å². The van der Waals surface area contributed by atoms with Crippen LogP contribution in [0.2, 0.25) is 0 Å². The molecule has 0 saturated carbocycles. The zero-order valence-electron chi connectivity index (χ0n) is 14.6. The lowest BCUT2D eigenvalue weighted by Crippen LogP contribution is -2.51. The van der Waals surface area contributed by atoms with Crippen molar-refractivity contribution in [3.8, 4) is 0 Å². The molecule has 1 saturated heterocycles. The number of anilines is 1. The Morgan fingerprint density at radius 3 is 2.38 bits per heavy atom. The van der Waals surface area contributed by atoms with Gasteiger partial charge in [0, 0.05) is 45.0 Å². The van der Waals surface area contributed by atoms with Crippen LogP contribution in [0.25, 0.3) is 0 Å². The Kier molecular flexibility index (Phi) is 5.31. The summed E-state index contributed by atoms with van der Waals surface area (Å²) in [6.45, 7) is 2.65. The summed E-state index contributed by atoms with van der Waals surface area (Å²) >= 11 is 0. The quantitative estimate of drug-likeness (QED) is 0.825. The van der Waals surface area contributed by atoms with Gasteiger partial charge in [-0.25, -0.2) is 4.68 Å². The average molecular weight is 355 g/mol. The van der Waals surface area contributed by atoms with E-state index in [1.165, 1.54) is 19.2 Å². The van der Waals surface area contributed by atoms with Crippen molar-refractivity contribution in [2.24, 2.45) is 7.05 Å². The van der Waals surface area contributed by atoms with Crippen LogP contribution in [0.3, 0.4) is 0 Å². The van der Waals surface area contributed by atoms with Gasteiger partial charge in [-0.3, -0.25) is 14.4 Å². The lowest BCUT2D eigenvalue weighted by Gasteiger charge is -2.36. The summed E-state index contributed by atoms with van der Waals surface area (Å²) in [7, 11) is 1.47. The third-order valence-electron chi connectivity index (χ3n) is 4.35. The van der Waals surface area contributed by atoms with E-state index in [0.29, 0.717) is 13.1 Å². The minimum Gasteiger partial charge on any atom is -0.368 e. The molecule has 1 aromatic heterocycles. The van der Waals surface area contributed by atoms with Crippen LogP contribution in [0, 0.1) is 0 Å². The zero-order chi connectivity index (χ0) is 18.5. The highest BCUT2D eigenvalue weighted by Gasteiger charge is 2.21. The van der Waals surface area contributed by atoms with Gasteiger partial charge in [0.2, 0.25) is 5.91 Å². The molecule has 2 heterocycles. The van der Waals surface area contributed by atoms with Gasteiger partial charge in [0.1, 0.15) is 5.69 Å². The average Bonchev–Trinajstić information content (AvgIpc) is 2.68. The highest BCUT2D eigenvalue weighted by Crippen LogP contribution is 2.15. The first kappa shape index (κ1) is 17.7. The summed E-state index contributed by atoms with van der Waals surface area (Å²) < 4.78 is 1.08. The van der Waals surface area contributed by atoms with E-state index in [-0.39, 0.29) is 23.7 Å². The predicted molar refractivity (Wildman–Crippen MR) is 97.0 cm³/mol. The number of rotatable bonds is 4. The maximum atomic E-state index is 12.3. The van der Waals surface area contributed by atoms with Gasteiger partial charge in [0.05, 0.1) is 6.54 Å². The predicted octanol–water partition coefficient (Wildman–Crippen LogP) is -0.141. The lowest BCUT2D eigenvalue weighted by atomic mass is 10.2. The number of hydrogen-bond donors (Lipinski definition) is 1. The molecule has 26 heavy (non-hydrogen) atoms. The van der Waals surface area contributed by atoms with E-state index in [1.54, 1.807) is 4.90 Å². The van der Waals surface area contributed by atoms with Gasteiger partial charge in [-0.2, -0.15) is 5.10 Å². The number of nitrogens with zero attached hydrogens (tertiary/aromatic N) is 4. The Balaban J connectivity index is 1.49. The standard InChI is InChI=1S/C18H21N5O3/c1-21-16(24)8-7-15(20-21)18(26)19-13-17(25)23-11-9-22(10-12-23)14-5-3-2-4-6-14/h2-8H,9-13H2,1H3,(H,19,26). The molecule has 0 radical (unpaired) electrons. The molecule has 1 fully saturated rings. The molecule has 1 aliphatic rings. The van der Waals surface area contributed by atoms with E-state index in [9.17, 15) is 14.4 Å². The topological polar surface area (TPSA) is 87.5 Å². The Hall–Kier alpha value is -3.16. The maximum absolute atomic E-state index is 12.3. The van der Waals surface area contributed by atoms with Crippen LogP contribution in [-0.4, -0.2) is 59.2 Å². The molecule has 1 aromatic carbocycles. The summed E-state index contributed by atoms with van der Waals surface area (Å²) in [5.41, 5.74) is 0.955. The number of aryl methyl sites for hydroxylation is 1. The molecule has 0 aliphatic carbocycles. The Bertz CT molecular complexity index is 841. The van der Waals surface area contributed by atoms with Gasteiger partial charge in [0.15, 0.2) is 0 Å². The minimum atomic E-state index is -0.475. The normalized spacial score (nSPS) is 14.2. The zero-order valence-corrected chi connectivity index (χ0v) is 14.6. The number of benzene rings is 1. The van der Waals surface area contributed by atoms with Crippen LogP contribution in [0.4, 0.5) is 5.69 Å². The first-order valence-corrected chi connectivity index (χ1v) is 8.45. The molecule has 0 atom stereocenters. The van der Waals surface area contributed by atoms with E-state index in [2.05, 4.69) is 27.4 Å². The summed E-state index contributed by atoms with van der Waals surface area (Å²) in [5.74, 6) is -0.604. The number of carbonyl (C=O) groups is 2.